The first-order chi connectivity index (χ1) is 7.85. The molecule has 2 rings (SSSR count). The fraction of sp³-hybridized carbons (Fsp3) is 0.818. The van der Waals surface area contributed by atoms with Gasteiger partial charge in [-0.3, -0.25) is 4.79 Å². The maximum absolute atomic E-state index is 10.5. The first-order valence-corrected chi connectivity index (χ1v) is 6.00. The second kappa shape index (κ2) is 5.30. The predicted molar refractivity (Wildman–Crippen MR) is 60.6 cm³/mol. The Balaban J connectivity index is 1.96. The molecule has 5 nitrogen and oxygen atoms in total. The van der Waals surface area contributed by atoms with E-state index in [-0.39, 0.29) is 5.92 Å². The van der Waals surface area contributed by atoms with E-state index in [9.17, 15) is 4.79 Å². The van der Waals surface area contributed by atoms with Gasteiger partial charge in [0.25, 0.3) is 6.23 Å². The number of hydrogen-bond acceptors (Lipinski definition) is 5. The third-order valence-corrected chi connectivity index (χ3v) is 3.50. The molecule has 0 aromatic heterocycles. The molecule has 0 spiro atoms. The Morgan fingerprint density at radius 3 is 2.81 bits per heavy atom. The van der Waals surface area contributed by atoms with Crippen molar-refractivity contribution in [3.8, 4) is 0 Å². The van der Waals surface area contributed by atoms with Crippen LogP contribution in [0.15, 0.2) is 5.16 Å². The van der Waals surface area contributed by atoms with Crippen LogP contribution >= 0.6 is 0 Å². The number of carbonyl (C=O) groups is 1. The number of rotatable bonds is 4. The summed E-state index contributed by atoms with van der Waals surface area (Å²) >= 11 is 0. The molecule has 1 aliphatic carbocycles. The minimum atomic E-state index is -0.618. The van der Waals surface area contributed by atoms with Crippen molar-refractivity contribution >= 4 is 12.1 Å². The second-order valence-corrected chi connectivity index (χ2v) is 4.52. The molecule has 1 heterocycles. The van der Waals surface area contributed by atoms with Crippen molar-refractivity contribution in [2.75, 3.05) is 6.54 Å². The van der Waals surface area contributed by atoms with Crippen molar-refractivity contribution in [3.05, 3.63) is 0 Å². The average Bonchev–Trinajstić information content (AvgIpc) is 2.80. The molecule has 1 saturated carbocycles. The van der Waals surface area contributed by atoms with Crippen LogP contribution in [0.5, 0.6) is 0 Å². The van der Waals surface area contributed by atoms with E-state index in [1.165, 1.54) is 32.1 Å². The highest BCUT2D eigenvalue weighted by molar-refractivity contribution is 5.88. The second-order valence-electron chi connectivity index (χ2n) is 4.52. The summed E-state index contributed by atoms with van der Waals surface area (Å²) in [7, 11) is 0. The molecule has 3 N–H and O–H groups in total. The molecule has 0 bridgehead atoms. The first-order valence-electron chi connectivity index (χ1n) is 6.00. The monoisotopic (exact) mass is 225 g/mol. The lowest BCUT2D eigenvalue weighted by Gasteiger charge is -2.28. The van der Waals surface area contributed by atoms with Gasteiger partial charge in [0.05, 0.1) is 0 Å². The van der Waals surface area contributed by atoms with Crippen LogP contribution in [0, 0.1) is 11.8 Å². The van der Waals surface area contributed by atoms with Gasteiger partial charge in [-0.05, 0) is 18.8 Å². The highest BCUT2D eigenvalue weighted by atomic mass is 16.7. The summed E-state index contributed by atoms with van der Waals surface area (Å²) in [4.78, 5) is 15.5. The van der Waals surface area contributed by atoms with Crippen molar-refractivity contribution in [2.45, 2.75) is 38.3 Å². The predicted octanol–water partition coefficient (Wildman–Crippen LogP) is 0.600. The van der Waals surface area contributed by atoms with Crippen LogP contribution in [0.1, 0.15) is 32.1 Å². The van der Waals surface area contributed by atoms with E-state index in [2.05, 4.69) is 10.5 Å². The Morgan fingerprint density at radius 1 is 1.50 bits per heavy atom. The molecule has 0 aromatic rings. The highest BCUT2D eigenvalue weighted by Gasteiger charge is 2.31. The number of carbonyl (C=O) groups excluding carboxylic acids is 1. The van der Waals surface area contributed by atoms with Gasteiger partial charge in [0.15, 0.2) is 6.29 Å². The maximum atomic E-state index is 10.5. The smallest absolute Gasteiger partial charge is 0.254 e. The van der Waals surface area contributed by atoms with Crippen molar-refractivity contribution in [1.82, 2.24) is 5.32 Å². The van der Waals surface area contributed by atoms with Crippen molar-refractivity contribution in [3.63, 3.8) is 0 Å². The zero-order chi connectivity index (χ0) is 11.4. The molecule has 2 unspecified atom stereocenters. The zero-order valence-electron chi connectivity index (χ0n) is 9.39. The van der Waals surface area contributed by atoms with Gasteiger partial charge in [0.2, 0.25) is 0 Å². The van der Waals surface area contributed by atoms with E-state index >= 15 is 0 Å². The SMILES string of the molecule is NCC(C1=NOC(C=O)N1)C1CCCCC1. The van der Waals surface area contributed by atoms with Gasteiger partial charge in [0, 0.05) is 12.5 Å². The summed E-state index contributed by atoms with van der Waals surface area (Å²) in [6.45, 7) is 0.561. The van der Waals surface area contributed by atoms with Crippen LogP contribution in [-0.4, -0.2) is 24.9 Å². The minimum Gasteiger partial charge on any atom is -0.361 e. The summed E-state index contributed by atoms with van der Waals surface area (Å²) in [5.41, 5.74) is 5.81. The lowest BCUT2D eigenvalue weighted by molar-refractivity contribution is -0.117. The van der Waals surface area contributed by atoms with E-state index in [0.29, 0.717) is 18.7 Å². The summed E-state index contributed by atoms with van der Waals surface area (Å²) in [5.74, 6) is 1.55. The number of nitrogens with zero attached hydrogens (tertiary/aromatic N) is 1. The Kier molecular flexibility index (Phi) is 3.77. The Hall–Kier alpha value is -1.10. The minimum absolute atomic E-state index is 0.213. The van der Waals surface area contributed by atoms with Crippen molar-refractivity contribution in [1.29, 1.82) is 0 Å². The third kappa shape index (κ3) is 2.35. The highest BCUT2D eigenvalue weighted by Crippen LogP contribution is 2.30. The van der Waals surface area contributed by atoms with Crippen molar-refractivity contribution in [2.24, 2.45) is 22.7 Å². The molecule has 1 fully saturated rings. The average molecular weight is 225 g/mol. The van der Waals surface area contributed by atoms with E-state index in [1.54, 1.807) is 0 Å². The Bertz CT molecular complexity index is 274. The number of hydrogen-bond donors (Lipinski definition) is 2. The van der Waals surface area contributed by atoms with Crippen LogP contribution in [-0.2, 0) is 9.63 Å². The van der Waals surface area contributed by atoms with Crippen LogP contribution < -0.4 is 11.1 Å². The molecule has 5 heteroatoms. The number of amidine groups is 1. The lowest BCUT2D eigenvalue weighted by Crippen LogP contribution is -2.41. The number of oxime groups is 1. The molecule has 16 heavy (non-hydrogen) atoms. The molecule has 0 amide bonds. The maximum Gasteiger partial charge on any atom is 0.254 e. The van der Waals surface area contributed by atoms with Crippen molar-refractivity contribution < 1.29 is 9.63 Å². The van der Waals surface area contributed by atoms with Gasteiger partial charge >= 0.3 is 0 Å². The molecule has 2 atom stereocenters. The van der Waals surface area contributed by atoms with Gasteiger partial charge < -0.3 is 15.9 Å². The molecule has 1 aliphatic heterocycles. The third-order valence-electron chi connectivity index (χ3n) is 3.50. The molecule has 0 aromatic carbocycles. The summed E-state index contributed by atoms with van der Waals surface area (Å²) in [5, 5.41) is 6.90. The lowest BCUT2D eigenvalue weighted by atomic mass is 9.79. The van der Waals surface area contributed by atoms with Gasteiger partial charge in [-0.1, -0.05) is 24.4 Å². The Morgan fingerprint density at radius 2 is 2.25 bits per heavy atom. The van der Waals surface area contributed by atoms with Gasteiger partial charge in [-0.15, -0.1) is 0 Å². The fourth-order valence-electron chi connectivity index (χ4n) is 2.61. The van der Waals surface area contributed by atoms with Crippen LogP contribution in [0.3, 0.4) is 0 Å². The molecule has 90 valence electrons. The summed E-state index contributed by atoms with van der Waals surface area (Å²) in [6.07, 6.45) is 6.36. The molecular weight excluding hydrogens is 206 g/mol. The first kappa shape index (κ1) is 11.4. The van der Waals surface area contributed by atoms with Gasteiger partial charge in [0.1, 0.15) is 5.84 Å². The van der Waals surface area contributed by atoms with Crippen LogP contribution in [0.2, 0.25) is 0 Å². The van der Waals surface area contributed by atoms with Crippen LogP contribution in [0.25, 0.3) is 0 Å². The number of aldehydes is 1. The quantitative estimate of drug-likeness (QED) is 0.687. The van der Waals surface area contributed by atoms with E-state index in [1.807, 2.05) is 0 Å². The summed E-state index contributed by atoms with van der Waals surface area (Å²) < 4.78 is 0. The molecule has 2 aliphatic rings. The van der Waals surface area contributed by atoms with E-state index < -0.39 is 6.23 Å². The molecular formula is C11H19N3O2. The normalized spacial score (nSPS) is 27.8. The van der Waals surface area contributed by atoms with E-state index in [0.717, 1.165) is 5.84 Å². The topological polar surface area (TPSA) is 76.7 Å². The Labute approximate surface area is 95.4 Å². The largest absolute Gasteiger partial charge is 0.361 e. The number of nitrogens with two attached hydrogens (primary N) is 1. The van der Waals surface area contributed by atoms with Gasteiger partial charge in [-0.2, -0.15) is 0 Å². The zero-order valence-corrected chi connectivity index (χ0v) is 9.39. The summed E-state index contributed by atoms with van der Waals surface area (Å²) in [6, 6.07) is 0. The fourth-order valence-corrected chi connectivity index (χ4v) is 2.61. The van der Waals surface area contributed by atoms with Crippen LogP contribution in [0.4, 0.5) is 0 Å². The standard InChI is InChI=1S/C11H19N3O2/c12-6-9(8-4-2-1-3-5-8)11-13-10(7-15)16-14-11/h7-10H,1-6,12H2,(H,13,14). The molecule has 0 radical (unpaired) electrons. The van der Waals surface area contributed by atoms with E-state index in [4.69, 9.17) is 10.6 Å². The molecule has 0 saturated heterocycles. The van der Waals surface area contributed by atoms with Gasteiger partial charge in [-0.25, -0.2) is 0 Å². The number of nitrogens with one attached hydrogen (secondary N) is 1.